The maximum Gasteiger partial charge on any atom is 0.175 e. The molecule has 0 atom stereocenters. The summed E-state index contributed by atoms with van der Waals surface area (Å²) < 4.78 is 12.4. The van der Waals surface area contributed by atoms with Gasteiger partial charge in [-0.25, -0.2) is 0 Å². The molecule has 5 heteroatoms. The van der Waals surface area contributed by atoms with Crippen LogP contribution in [0.15, 0.2) is 71.2 Å². The van der Waals surface area contributed by atoms with Crippen LogP contribution >= 0.6 is 27.5 Å². The van der Waals surface area contributed by atoms with Crippen LogP contribution in [0.2, 0.25) is 5.02 Å². The summed E-state index contributed by atoms with van der Waals surface area (Å²) in [5, 5.41) is 4.17. The van der Waals surface area contributed by atoms with Crippen LogP contribution in [0.4, 0.5) is 0 Å². The van der Waals surface area contributed by atoms with Crippen molar-refractivity contribution >= 4 is 27.5 Å². The molecule has 0 heterocycles. The maximum atomic E-state index is 6.21. The Bertz CT molecular complexity index is 902. The number of rotatable bonds is 9. The number of nitrogens with one attached hydrogen (secondary N) is 1. The van der Waals surface area contributed by atoms with Crippen molar-refractivity contribution in [2.75, 3.05) is 13.7 Å². The van der Waals surface area contributed by atoms with Crippen molar-refractivity contribution in [2.45, 2.75) is 19.6 Å². The summed E-state index contributed by atoms with van der Waals surface area (Å²) in [5.41, 5.74) is 3.39. The Morgan fingerprint density at radius 1 is 0.964 bits per heavy atom. The zero-order valence-electron chi connectivity index (χ0n) is 15.8. The number of methoxy groups -OCH3 is 1. The van der Waals surface area contributed by atoms with Gasteiger partial charge in [0.25, 0.3) is 0 Å². The largest absolute Gasteiger partial charge is 0.493 e. The fourth-order valence-corrected chi connectivity index (χ4v) is 3.69. The summed E-state index contributed by atoms with van der Waals surface area (Å²) in [7, 11) is 1.65. The van der Waals surface area contributed by atoms with E-state index in [4.69, 9.17) is 21.1 Å². The average molecular weight is 461 g/mol. The van der Waals surface area contributed by atoms with Gasteiger partial charge in [-0.05, 0) is 58.2 Å². The first kappa shape index (κ1) is 20.7. The molecule has 0 aliphatic carbocycles. The Labute approximate surface area is 179 Å². The van der Waals surface area contributed by atoms with Gasteiger partial charge in [-0.3, -0.25) is 0 Å². The Hall–Kier alpha value is -2.01. The number of halogens is 2. The highest BCUT2D eigenvalue weighted by atomic mass is 79.9. The first-order valence-electron chi connectivity index (χ1n) is 9.14. The predicted molar refractivity (Wildman–Crippen MR) is 118 cm³/mol. The zero-order valence-corrected chi connectivity index (χ0v) is 18.1. The topological polar surface area (TPSA) is 30.5 Å². The van der Waals surface area contributed by atoms with Crippen molar-refractivity contribution in [2.24, 2.45) is 0 Å². The molecule has 0 aromatic heterocycles. The molecule has 0 amide bonds. The molecule has 0 saturated carbocycles. The molecule has 0 saturated heterocycles. The van der Waals surface area contributed by atoms with E-state index in [-0.39, 0.29) is 0 Å². The molecular formula is C23H23BrClNO2. The first-order chi connectivity index (χ1) is 13.7. The molecular weight excluding hydrogens is 438 g/mol. The van der Waals surface area contributed by atoms with Gasteiger partial charge in [0.15, 0.2) is 11.5 Å². The van der Waals surface area contributed by atoms with Crippen LogP contribution in [0.1, 0.15) is 16.7 Å². The van der Waals surface area contributed by atoms with Gasteiger partial charge in [0.05, 0.1) is 11.6 Å². The Morgan fingerprint density at radius 2 is 1.71 bits per heavy atom. The highest BCUT2D eigenvalue weighted by Crippen LogP contribution is 2.37. The number of ether oxygens (including phenoxy) is 2. The second kappa shape index (κ2) is 10.5. The van der Waals surface area contributed by atoms with E-state index < -0.39 is 0 Å². The van der Waals surface area contributed by atoms with Crippen molar-refractivity contribution in [3.8, 4) is 11.5 Å². The van der Waals surface area contributed by atoms with Crippen molar-refractivity contribution in [1.82, 2.24) is 5.32 Å². The minimum absolute atomic E-state index is 0.378. The minimum atomic E-state index is 0.378. The number of hydrogen-bond acceptors (Lipinski definition) is 3. The van der Waals surface area contributed by atoms with E-state index in [2.05, 4.69) is 51.6 Å². The lowest BCUT2D eigenvalue weighted by Gasteiger charge is -2.15. The van der Waals surface area contributed by atoms with E-state index in [0.29, 0.717) is 23.1 Å². The third-order valence-electron chi connectivity index (χ3n) is 4.38. The SMILES string of the molecule is COc1cc(CNCCc2ccccc2)cc(Br)c1OCc1ccccc1Cl. The third kappa shape index (κ3) is 5.74. The quantitative estimate of drug-likeness (QED) is 0.396. The Balaban J connectivity index is 1.60. The van der Waals surface area contributed by atoms with E-state index in [1.54, 1.807) is 7.11 Å². The molecule has 1 N–H and O–H groups in total. The molecule has 146 valence electrons. The van der Waals surface area contributed by atoms with E-state index in [0.717, 1.165) is 35.1 Å². The molecule has 3 rings (SSSR count). The van der Waals surface area contributed by atoms with Crippen LogP contribution in [-0.2, 0) is 19.6 Å². The fourth-order valence-electron chi connectivity index (χ4n) is 2.89. The van der Waals surface area contributed by atoms with Gasteiger partial charge < -0.3 is 14.8 Å². The smallest absolute Gasteiger partial charge is 0.175 e. The minimum Gasteiger partial charge on any atom is -0.493 e. The van der Waals surface area contributed by atoms with Gasteiger partial charge in [-0.2, -0.15) is 0 Å². The average Bonchev–Trinajstić information content (AvgIpc) is 2.72. The molecule has 0 aliphatic rings. The van der Waals surface area contributed by atoms with Gasteiger partial charge in [-0.1, -0.05) is 60.1 Å². The van der Waals surface area contributed by atoms with E-state index in [1.807, 2.05) is 36.4 Å². The van der Waals surface area contributed by atoms with Crippen LogP contribution in [-0.4, -0.2) is 13.7 Å². The summed E-state index contributed by atoms with van der Waals surface area (Å²) in [5.74, 6) is 1.37. The van der Waals surface area contributed by atoms with E-state index in [9.17, 15) is 0 Å². The maximum absolute atomic E-state index is 6.21. The number of hydrogen-bond donors (Lipinski definition) is 1. The molecule has 0 aliphatic heterocycles. The lowest BCUT2D eigenvalue weighted by atomic mass is 10.1. The van der Waals surface area contributed by atoms with Crippen LogP contribution in [0.5, 0.6) is 11.5 Å². The third-order valence-corrected chi connectivity index (χ3v) is 5.34. The van der Waals surface area contributed by atoms with E-state index >= 15 is 0 Å². The van der Waals surface area contributed by atoms with Crippen LogP contribution in [0.25, 0.3) is 0 Å². The molecule has 0 unspecified atom stereocenters. The summed E-state index contributed by atoms with van der Waals surface area (Å²) in [4.78, 5) is 0. The molecule has 28 heavy (non-hydrogen) atoms. The molecule has 3 nitrogen and oxygen atoms in total. The van der Waals surface area contributed by atoms with Crippen molar-refractivity contribution in [3.05, 3.63) is 92.9 Å². The van der Waals surface area contributed by atoms with Crippen LogP contribution in [0.3, 0.4) is 0 Å². The van der Waals surface area contributed by atoms with Crippen molar-refractivity contribution in [3.63, 3.8) is 0 Å². The van der Waals surface area contributed by atoms with Gasteiger partial charge >= 0.3 is 0 Å². The summed E-state index contributed by atoms with van der Waals surface area (Å²) in [6, 6.07) is 22.2. The van der Waals surface area contributed by atoms with Crippen LogP contribution < -0.4 is 14.8 Å². The molecule has 0 spiro atoms. The fraction of sp³-hybridized carbons (Fsp3) is 0.217. The van der Waals surface area contributed by atoms with Crippen LogP contribution in [0, 0.1) is 0 Å². The summed E-state index contributed by atoms with van der Waals surface area (Å²) in [6.45, 7) is 2.05. The van der Waals surface area contributed by atoms with Crippen molar-refractivity contribution < 1.29 is 9.47 Å². The summed E-state index contributed by atoms with van der Waals surface area (Å²) >= 11 is 9.82. The monoisotopic (exact) mass is 459 g/mol. The van der Waals surface area contributed by atoms with Gasteiger partial charge in [-0.15, -0.1) is 0 Å². The Kier molecular flexibility index (Phi) is 7.78. The summed E-state index contributed by atoms with van der Waals surface area (Å²) in [6.07, 6.45) is 0.998. The van der Waals surface area contributed by atoms with Gasteiger partial charge in [0.2, 0.25) is 0 Å². The zero-order chi connectivity index (χ0) is 19.8. The number of benzene rings is 3. The molecule has 0 radical (unpaired) electrons. The highest BCUT2D eigenvalue weighted by molar-refractivity contribution is 9.10. The Morgan fingerprint density at radius 3 is 2.46 bits per heavy atom. The van der Waals surface area contributed by atoms with Gasteiger partial charge in [0.1, 0.15) is 6.61 Å². The highest BCUT2D eigenvalue weighted by Gasteiger charge is 2.12. The molecule has 0 fully saturated rings. The molecule has 3 aromatic rings. The first-order valence-corrected chi connectivity index (χ1v) is 10.3. The lowest BCUT2D eigenvalue weighted by Crippen LogP contribution is -2.16. The van der Waals surface area contributed by atoms with E-state index in [1.165, 1.54) is 5.56 Å². The second-order valence-electron chi connectivity index (χ2n) is 6.40. The lowest BCUT2D eigenvalue weighted by molar-refractivity contribution is 0.282. The normalized spacial score (nSPS) is 10.7. The standard InChI is InChI=1S/C23H23BrClNO2/c1-27-22-14-18(15-26-12-11-17-7-3-2-4-8-17)13-20(24)23(22)28-16-19-9-5-6-10-21(19)25/h2-10,13-14,26H,11-12,15-16H2,1H3. The second-order valence-corrected chi connectivity index (χ2v) is 7.66. The van der Waals surface area contributed by atoms with Crippen molar-refractivity contribution in [1.29, 1.82) is 0 Å². The molecule has 3 aromatic carbocycles. The predicted octanol–water partition coefficient (Wildman–Crippen LogP) is 6.02. The van der Waals surface area contributed by atoms with Gasteiger partial charge in [0, 0.05) is 17.1 Å². The molecule has 0 bridgehead atoms.